The molecule has 2 N–H and O–H groups in total. The molecule has 1 aliphatic carbocycles. The van der Waals surface area contributed by atoms with Gasteiger partial charge < -0.3 is 15.2 Å². The Hall–Kier alpha value is -2.86. The molecular formula is C27H27F6N3O2S. The first kappa shape index (κ1) is 27.7. The van der Waals surface area contributed by atoms with E-state index in [1.54, 1.807) is 11.6 Å². The van der Waals surface area contributed by atoms with Crippen LogP contribution in [0, 0.1) is 11.3 Å². The van der Waals surface area contributed by atoms with Crippen LogP contribution in [0.4, 0.5) is 26.3 Å². The van der Waals surface area contributed by atoms with Crippen LogP contribution in [-0.2, 0) is 30.7 Å². The van der Waals surface area contributed by atoms with Crippen molar-refractivity contribution >= 4 is 27.5 Å². The number of fused-ring (bicyclic) bond motifs is 1. The summed E-state index contributed by atoms with van der Waals surface area (Å²) in [5, 5.41) is 5.90. The van der Waals surface area contributed by atoms with Gasteiger partial charge in [-0.3, -0.25) is 9.59 Å². The molecule has 0 radical (unpaired) electrons. The number of nitrogens with one attached hydrogen (secondary N) is 2. The van der Waals surface area contributed by atoms with Crippen LogP contribution >= 0.6 is 11.3 Å². The monoisotopic (exact) mass is 571 g/mol. The zero-order valence-corrected chi connectivity index (χ0v) is 21.8. The van der Waals surface area contributed by atoms with Crippen LogP contribution in [0.5, 0.6) is 0 Å². The summed E-state index contributed by atoms with van der Waals surface area (Å²) < 4.78 is 82.3. The van der Waals surface area contributed by atoms with E-state index in [1.165, 1.54) is 0 Å². The van der Waals surface area contributed by atoms with Gasteiger partial charge in [0.15, 0.2) is 0 Å². The van der Waals surface area contributed by atoms with E-state index in [4.69, 9.17) is 0 Å². The molecular weight excluding hydrogens is 544 g/mol. The van der Waals surface area contributed by atoms with Crippen LogP contribution < -0.4 is 15.5 Å². The van der Waals surface area contributed by atoms with E-state index < -0.39 is 41.3 Å². The van der Waals surface area contributed by atoms with Gasteiger partial charge in [-0.15, -0.1) is 0 Å². The molecule has 2 aromatic carbocycles. The smallest absolute Gasteiger partial charge is 0.351 e. The fourth-order valence-corrected chi connectivity index (χ4v) is 6.43. The third kappa shape index (κ3) is 5.58. The molecule has 1 aliphatic heterocycles. The summed E-state index contributed by atoms with van der Waals surface area (Å²) in [6.45, 7) is 0.407. The van der Waals surface area contributed by atoms with Crippen LogP contribution in [0.3, 0.4) is 0 Å². The number of hydrogen-bond acceptors (Lipinski definition) is 4. The van der Waals surface area contributed by atoms with Gasteiger partial charge in [-0.25, -0.2) is 0 Å². The maximum Gasteiger partial charge on any atom is 0.416 e. The summed E-state index contributed by atoms with van der Waals surface area (Å²) in [5.74, 6) is -0.227. The van der Waals surface area contributed by atoms with E-state index in [9.17, 15) is 35.9 Å². The second kappa shape index (κ2) is 9.96. The molecule has 1 amide bonds. The molecule has 2 atom stereocenters. The van der Waals surface area contributed by atoms with Crippen molar-refractivity contribution in [3.63, 3.8) is 0 Å². The number of aryl methyl sites for hydroxylation is 1. The highest BCUT2D eigenvalue weighted by Crippen LogP contribution is 2.50. The lowest BCUT2D eigenvalue weighted by molar-refractivity contribution is -0.143. The number of alkyl halides is 6. The number of halogens is 6. The standard InChI is InChI=1S/C27H27F6N3O2S/c1-36-21-11-17(4-5-22(21)39-24(36)38)20(10-15-2-3-15)25(6-7-34-14-25)23(37)35-13-16-8-18(26(28,29)30)12-19(9-16)27(31,32)33/h4-5,8-9,11-12,15,20,34H,2-3,6-7,10,13-14H2,1H3,(H,35,37). The number of hydrogen-bond donors (Lipinski definition) is 2. The van der Waals surface area contributed by atoms with Crippen molar-refractivity contribution in [3.8, 4) is 0 Å². The Morgan fingerprint density at radius 3 is 2.33 bits per heavy atom. The van der Waals surface area contributed by atoms with Gasteiger partial charge in [0, 0.05) is 20.1 Å². The lowest BCUT2D eigenvalue weighted by Crippen LogP contribution is -2.46. The number of benzene rings is 2. The molecule has 0 spiro atoms. The summed E-state index contributed by atoms with van der Waals surface area (Å²) >= 11 is 1.13. The van der Waals surface area contributed by atoms with Gasteiger partial charge in [0.25, 0.3) is 0 Å². The van der Waals surface area contributed by atoms with E-state index >= 15 is 0 Å². The molecule has 1 saturated heterocycles. The molecule has 0 bridgehead atoms. The Labute approximate surface area is 224 Å². The van der Waals surface area contributed by atoms with Crippen molar-refractivity contribution in [1.29, 1.82) is 0 Å². The van der Waals surface area contributed by atoms with Gasteiger partial charge in [-0.2, -0.15) is 26.3 Å². The maximum atomic E-state index is 13.8. The van der Waals surface area contributed by atoms with Gasteiger partial charge in [-0.05, 0) is 72.7 Å². The van der Waals surface area contributed by atoms with Gasteiger partial charge in [0.1, 0.15) is 0 Å². The van der Waals surface area contributed by atoms with Crippen molar-refractivity contribution < 1.29 is 31.1 Å². The highest BCUT2D eigenvalue weighted by molar-refractivity contribution is 7.16. The molecule has 39 heavy (non-hydrogen) atoms. The Morgan fingerprint density at radius 1 is 1.10 bits per heavy atom. The van der Waals surface area contributed by atoms with Crippen LogP contribution in [0.15, 0.2) is 41.2 Å². The summed E-state index contributed by atoms with van der Waals surface area (Å²) in [7, 11) is 1.69. The Balaban J connectivity index is 1.47. The van der Waals surface area contributed by atoms with Crippen molar-refractivity contribution in [2.45, 2.75) is 50.5 Å². The SMILES string of the molecule is Cn1c(=O)sc2ccc(C(CC3CC3)C3(C(=O)NCc4cc(C(F)(F)F)cc(C(F)(F)F)c4)CCNC3)cc21. The van der Waals surface area contributed by atoms with E-state index in [1.807, 2.05) is 18.2 Å². The fourth-order valence-electron chi connectivity index (χ4n) is 5.57. The molecule has 1 aromatic heterocycles. The van der Waals surface area contributed by atoms with Crippen LogP contribution in [0.25, 0.3) is 10.2 Å². The van der Waals surface area contributed by atoms with Crippen molar-refractivity contribution in [2.24, 2.45) is 18.4 Å². The van der Waals surface area contributed by atoms with E-state index in [0.717, 1.165) is 46.4 Å². The van der Waals surface area contributed by atoms with Gasteiger partial charge in [0.2, 0.25) is 5.91 Å². The van der Waals surface area contributed by atoms with E-state index in [2.05, 4.69) is 10.6 Å². The first-order valence-electron chi connectivity index (χ1n) is 12.6. The predicted molar refractivity (Wildman–Crippen MR) is 135 cm³/mol. The Morgan fingerprint density at radius 2 is 1.77 bits per heavy atom. The van der Waals surface area contributed by atoms with Crippen molar-refractivity contribution in [3.05, 3.63) is 68.3 Å². The minimum atomic E-state index is -4.97. The average molecular weight is 572 g/mol. The third-order valence-electron chi connectivity index (χ3n) is 7.89. The lowest BCUT2D eigenvalue weighted by Gasteiger charge is -2.36. The number of amides is 1. The number of rotatable bonds is 7. The summed E-state index contributed by atoms with van der Waals surface area (Å²) in [4.78, 5) is 25.9. The summed E-state index contributed by atoms with van der Waals surface area (Å²) in [6, 6.07) is 7.07. The minimum Gasteiger partial charge on any atom is -0.351 e. The summed E-state index contributed by atoms with van der Waals surface area (Å²) in [5.41, 5.74) is -2.41. The third-order valence-corrected chi connectivity index (χ3v) is 8.91. The normalized spacial score (nSPS) is 20.9. The van der Waals surface area contributed by atoms with Gasteiger partial charge in [0.05, 0.1) is 26.8 Å². The quantitative estimate of drug-likeness (QED) is 0.352. The second-order valence-electron chi connectivity index (χ2n) is 10.6. The van der Waals surface area contributed by atoms with Gasteiger partial charge >= 0.3 is 17.2 Å². The largest absolute Gasteiger partial charge is 0.416 e. The van der Waals surface area contributed by atoms with Crippen LogP contribution in [0.1, 0.15) is 53.9 Å². The Kier molecular flexibility index (Phi) is 7.07. The zero-order valence-electron chi connectivity index (χ0n) is 21.0. The number of thiazole rings is 1. The minimum absolute atomic E-state index is 0.0767. The van der Waals surface area contributed by atoms with Crippen LogP contribution in [-0.4, -0.2) is 23.6 Å². The van der Waals surface area contributed by atoms with E-state index in [0.29, 0.717) is 37.6 Å². The maximum absolute atomic E-state index is 13.8. The first-order valence-corrected chi connectivity index (χ1v) is 13.5. The summed E-state index contributed by atoms with van der Waals surface area (Å²) in [6.07, 6.45) is -6.68. The molecule has 2 unspecified atom stereocenters. The van der Waals surface area contributed by atoms with Crippen molar-refractivity contribution in [1.82, 2.24) is 15.2 Å². The predicted octanol–water partition coefficient (Wildman–Crippen LogP) is 5.82. The first-order chi connectivity index (χ1) is 18.3. The number of carbonyl (C=O) groups is 1. The molecule has 1 saturated carbocycles. The topological polar surface area (TPSA) is 63.1 Å². The molecule has 2 aliphatic rings. The Bertz CT molecular complexity index is 1420. The molecule has 3 aromatic rings. The second-order valence-corrected chi connectivity index (χ2v) is 11.6. The van der Waals surface area contributed by atoms with Crippen LogP contribution in [0.2, 0.25) is 0 Å². The zero-order chi connectivity index (χ0) is 28.2. The molecule has 12 heteroatoms. The number of nitrogens with zero attached hydrogens (tertiary/aromatic N) is 1. The molecule has 5 rings (SSSR count). The van der Waals surface area contributed by atoms with Gasteiger partial charge in [-0.1, -0.05) is 30.2 Å². The number of aromatic nitrogens is 1. The highest BCUT2D eigenvalue weighted by atomic mass is 32.1. The molecule has 5 nitrogen and oxygen atoms in total. The molecule has 2 fully saturated rings. The molecule has 210 valence electrons. The molecule has 2 heterocycles. The lowest BCUT2D eigenvalue weighted by atomic mass is 9.68. The van der Waals surface area contributed by atoms with E-state index in [-0.39, 0.29) is 22.4 Å². The fraction of sp³-hybridized carbons (Fsp3) is 0.481. The highest BCUT2D eigenvalue weighted by Gasteiger charge is 2.49. The average Bonchev–Trinajstić information content (AvgIpc) is 3.48. The van der Waals surface area contributed by atoms with Crippen molar-refractivity contribution in [2.75, 3.05) is 13.1 Å². The number of carbonyl (C=O) groups excluding carboxylic acids is 1.